The highest BCUT2D eigenvalue weighted by atomic mass is 32.2. The summed E-state index contributed by atoms with van der Waals surface area (Å²) in [7, 11) is 0. The zero-order valence-electron chi connectivity index (χ0n) is 9.10. The van der Waals surface area contributed by atoms with Crippen LogP contribution >= 0.6 is 11.8 Å². The average molecular weight is 188 g/mol. The van der Waals surface area contributed by atoms with Crippen LogP contribution in [0.5, 0.6) is 0 Å². The van der Waals surface area contributed by atoms with Gasteiger partial charge in [0.25, 0.3) is 0 Å². The van der Waals surface area contributed by atoms with Gasteiger partial charge in [-0.05, 0) is 11.7 Å². The third-order valence-corrected chi connectivity index (χ3v) is 3.21. The highest BCUT2D eigenvalue weighted by Crippen LogP contribution is 2.21. The van der Waals surface area contributed by atoms with Gasteiger partial charge >= 0.3 is 0 Å². The fourth-order valence-electron chi connectivity index (χ4n) is 1.39. The van der Waals surface area contributed by atoms with E-state index in [1.54, 1.807) is 0 Å². The van der Waals surface area contributed by atoms with Crippen molar-refractivity contribution in [2.45, 2.75) is 70.3 Å². The molecule has 0 aliphatic heterocycles. The standard InChI is InChI=1S/C11H24S/c1-5-6-7-8-9-11(4)12-10(2)3/h10-11H,5-9H2,1-4H3. The third-order valence-electron chi connectivity index (χ3n) is 1.97. The molecule has 1 atom stereocenters. The Morgan fingerprint density at radius 3 is 2.17 bits per heavy atom. The van der Waals surface area contributed by atoms with Gasteiger partial charge in [0.1, 0.15) is 0 Å². The minimum absolute atomic E-state index is 0.797. The zero-order valence-corrected chi connectivity index (χ0v) is 9.91. The lowest BCUT2D eigenvalue weighted by Crippen LogP contribution is -2.01. The molecule has 0 amide bonds. The molecule has 0 radical (unpaired) electrons. The zero-order chi connectivity index (χ0) is 9.40. The monoisotopic (exact) mass is 188 g/mol. The number of hydrogen-bond acceptors (Lipinski definition) is 1. The first-order valence-electron chi connectivity index (χ1n) is 5.32. The van der Waals surface area contributed by atoms with E-state index in [9.17, 15) is 0 Å². The fraction of sp³-hybridized carbons (Fsp3) is 1.00. The predicted octanol–water partition coefficient (Wildman–Crippen LogP) is 4.49. The van der Waals surface area contributed by atoms with Gasteiger partial charge in [0.15, 0.2) is 0 Å². The van der Waals surface area contributed by atoms with Crippen LogP contribution in [0.2, 0.25) is 0 Å². The molecule has 0 N–H and O–H groups in total. The molecule has 0 saturated carbocycles. The lowest BCUT2D eigenvalue weighted by molar-refractivity contribution is 0.630. The third kappa shape index (κ3) is 8.45. The van der Waals surface area contributed by atoms with Crippen molar-refractivity contribution in [1.82, 2.24) is 0 Å². The molecule has 0 nitrogen and oxygen atoms in total. The van der Waals surface area contributed by atoms with E-state index >= 15 is 0 Å². The van der Waals surface area contributed by atoms with Gasteiger partial charge in [0.2, 0.25) is 0 Å². The second-order valence-corrected chi connectivity index (χ2v) is 5.86. The first-order chi connectivity index (χ1) is 5.66. The van der Waals surface area contributed by atoms with Gasteiger partial charge in [-0.15, -0.1) is 0 Å². The summed E-state index contributed by atoms with van der Waals surface area (Å²) < 4.78 is 0. The lowest BCUT2D eigenvalue weighted by atomic mass is 10.1. The summed E-state index contributed by atoms with van der Waals surface area (Å²) in [5.74, 6) is 0. The molecule has 0 bridgehead atoms. The Balaban J connectivity index is 3.14. The summed E-state index contributed by atoms with van der Waals surface area (Å²) in [6.45, 7) is 9.20. The smallest absolute Gasteiger partial charge is 0.00212 e. The molecule has 0 aromatic rings. The molecule has 0 saturated heterocycles. The minimum Gasteiger partial charge on any atom is -0.156 e. The Morgan fingerprint density at radius 1 is 1.00 bits per heavy atom. The second kappa shape index (κ2) is 7.97. The Hall–Kier alpha value is 0.350. The normalized spacial score (nSPS) is 13.8. The van der Waals surface area contributed by atoms with Gasteiger partial charge in [-0.2, -0.15) is 11.8 Å². The molecule has 0 fully saturated rings. The van der Waals surface area contributed by atoms with Crippen LogP contribution in [0.1, 0.15) is 59.8 Å². The number of thioether (sulfide) groups is 1. The van der Waals surface area contributed by atoms with Crippen LogP contribution in [-0.2, 0) is 0 Å². The molecule has 74 valence electrons. The molecule has 0 spiro atoms. The summed E-state index contributed by atoms with van der Waals surface area (Å²) in [4.78, 5) is 0. The topological polar surface area (TPSA) is 0 Å². The largest absolute Gasteiger partial charge is 0.156 e. The van der Waals surface area contributed by atoms with Crippen molar-refractivity contribution in [1.29, 1.82) is 0 Å². The van der Waals surface area contributed by atoms with E-state index in [-0.39, 0.29) is 0 Å². The summed E-state index contributed by atoms with van der Waals surface area (Å²) in [6.07, 6.45) is 7.03. The molecule has 0 aliphatic rings. The average Bonchev–Trinajstić information content (AvgIpc) is 1.97. The quantitative estimate of drug-likeness (QED) is 0.531. The molecular weight excluding hydrogens is 164 g/mol. The maximum atomic E-state index is 2.36. The van der Waals surface area contributed by atoms with Gasteiger partial charge in [-0.1, -0.05) is 53.4 Å². The van der Waals surface area contributed by atoms with Crippen LogP contribution in [0, 0.1) is 0 Å². The number of unbranched alkanes of at least 4 members (excludes halogenated alkanes) is 3. The maximum absolute atomic E-state index is 2.36. The minimum atomic E-state index is 0.797. The molecule has 12 heavy (non-hydrogen) atoms. The van der Waals surface area contributed by atoms with Crippen LogP contribution in [0.3, 0.4) is 0 Å². The van der Waals surface area contributed by atoms with Crippen molar-refractivity contribution in [3.63, 3.8) is 0 Å². The molecule has 0 aromatic heterocycles. The van der Waals surface area contributed by atoms with E-state index in [1.807, 2.05) is 0 Å². The second-order valence-electron chi connectivity index (χ2n) is 3.84. The van der Waals surface area contributed by atoms with Crippen LogP contribution < -0.4 is 0 Å². The summed E-state index contributed by atoms with van der Waals surface area (Å²) in [5.41, 5.74) is 0. The first kappa shape index (κ1) is 12.3. The predicted molar refractivity (Wildman–Crippen MR) is 60.9 cm³/mol. The Morgan fingerprint density at radius 2 is 1.67 bits per heavy atom. The van der Waals surface area contributed by atoms with Crippen LogP contribution in [0.25, 0.3) is 0 Å². The number of hydrogen-bond donors (Lipinski definition) is 0. The van der Waals surface area contributed by atoms with Crippen molar-refractivity contribution in [2.75, 3.05) is 0 Å². The molecular formula is C11H24S. The molecule has 0 aromatic carbocycles. The number of rotatable bonds is 7. The molecule has 1 heteroatoms. The van der Waals surface area contributed by atoms with E-state index < -0.39 is 0 Å². The van der Waals surface area contributed by atoms with Gasteiger partial charge in [0.05, 0.1) is 0 Å². The van der Waals surface area contributed by atoms with Crippen molar-refractivity contribution < 1.29 is 0 Å². The first-order valence-corrected chi connectivity index (χ1v) is 6.26. The molecule has 1 unspecified atom stereocenters. The maximum Gasteiger partial charge on any atom is 0.00212 e. The van der Waals surface area contributed by atoms with E-state index in [0.717, 1.165) is 10.5 Å². The molecule has 0 rings (SSSR count). The Bertz CT molecular complexity index is 89.0. The van der Waals surface area contributed by atoms with Crippen LogP contribution in [0.15, 0.2) is 0 Å². The van der Waals surface area contributed by atoms with Gasteiger partial charge in [-0.3, -0.25) is 0 Å². The highest BCUT2D eigenvalue weighted by Gasteiger charge is 2.04. The van der Waals surface area contributed by atoms with Crippen molar-refractivity contribution in [3.8, 4) is 0 Å². The SMILES string of the molecule is CCCCCCC(C)SC(C)C. The van der Waals surface area contributed by atoms with E-state index in [4.69, 9.17) is 0 Å². The molecule has 0 aliphatic carbocycles. The van der Waals surface area contributed by atoms with Gasteiger partial charge in [0, 0.05) is 5.25 Å². The van der Waals surface area contributed by atoms with Crippen LogP contribution in [0.4, 0.5) is 0 Å². The van der Waals surface area contributed by atoms with Crippen molar-refractivity contribution >= 4 is 11.8 Å². The van der Waals surface area contributed by atoms with E-state index in [2.05, 4.69) is 39.5 Å². The molecule has 0 heterocycles. The van der Waals surface area contributed by atoms with Crippen molar-refractivity contribution in [2.24, 2.45) is 0 Å². The van der Waals surface area contributed by atoms with Gasteiger partial charge < -0.3 is 0 Å². The summed E-state index contributed by atoms with van der Waals surface area (Å²) in [6, 6.07) is 0. The Kier molecular flexibility index (Phi) is 8.20. The highest BCUT2D eigenvalue weighted by molar-refractivity contribution is 8.00. The van der Waals surface area contributed by atoms with Crippen molar-refractivity contribution in [3.05, 3.63) is 0 Å². The summed E-state index contributed by atoms with van der Waals surface area (Å²) >= 11 is 2.11. The lowest BCUT2D eigenvalue weighted by Gasteiger charge is -2.13. The van der Waals surface area contributed by atoms with Gasteiger partial charge in [-0.25, -0.2) is 0 Å². The summed E-state index contributed by atoms with van der Waals surface area (Å²) in [5, 5.41) is 1.66. The van der Waals surface area contributed by atoms with Crippen LogP contribution in [-0.4, -0.2) is 10.5 Å². The van der Waals surface area contributed by atoms with E-state index in [0.29, 0.717) is 0 Å². The van der Waals surface area contributed by atoms with E-state index in [1.165, 1.54) is 32.1 Å². The Labute approximate surface area is 82.5 Å². The fourth-order valence-corrected chi connectivity index (χ4v) is 2.62.